The van der Waals surface area contributed by atoms with Crippen LogP contribution in [0.2, 0.25) is 0 Å². The molecule has 18 heavy (non-hydrogen) atoms. The molecule has 0 radical (unpaired) electrons. The van der Waals surface area contributed by atoms with Crippen LogP contribution in [0.15, 0.2) is 36.8 Å². The summed E-state index contributed by atoms with van der Waals surface area (Å²) in [6.45, 7) is 2.04. The first kappa shape index (κ1) is 12.7. The lowest BCUT2D eigenvalue weighted by molar-refractivity contribution is 1.31. The van der Waals surface area contributed by atoms with Crippen LogP contribution >= 0.6 is 23.7 Å². The van der Waals surface area contributed by atoms with Crippen molar-refractivity contribution in [3.63, 3.8) is 0 Å². The van der Waals surface area contributed by atoms with Crippen molar-refractivity contribution in [1.29, 1.82) is 0 Å². The maximum atomic E-state index is 4.52. The van der Waals surface area contributed by atoms with E-state index in [4.69, 9.17) is 0 Å². The number of aryl methyl sites for hydroxylation is 1. The number of pyridine rings is 2. The minimum absolute atomic E-state index is 0. The third-order valence-electron chi connectivity index (χ3n) is 2.41. The first-order valence-electron chi connectivity index (χ1n) is 5.22. The molecule has 0 atom stereocenters. The SMILES string of the molecule is Cc1ccnc2sc(Nc3cccnc3)nc12.Cl. The van der Waals surface area contributed by atoms with E-state index in [1.54, 1.807) is 23.7 Å². The van der Waals surface area contributed by atoms with Crippen LogP contribution in [0.4, 0.5) is 10.8 Å². The molecule has 4 nitrogen and oxygen atoms in total. The van der Waals surface area contributed by atoms with Gasteiger partial charge in [-0.2, -0.15) is 0 Å². The van der Waals surface area contributed by atoms with E-state index in [2.05, 4.69) is 20.3 Å². The quantitative estimate of drug-likeness (QED) is 0.779. The Balaban J connectivity index is 0.00000120. The maximum absolute atomic E-state index is 4.52. The second-order valence-corrected chi connectivity index (χ2v) is 4.64. The summed E-state index contributed by atoms with van der Waals surface area (Å²) in [5, 5.41) is 4.07. The maximum Gasteiger partial charge on any atom is 0.189 e. The molecule has 3 aromatic rings. The van der Waals surface area contributed by atoms with Crippen LogP contribution in [0.1, 0.15) is 5.56 Å². The van der Waals surface area contributed by atoms with E-state index in [1.807, 2.05) is 31.3 Å². The zero-order valence-corrected chi connectivity index (χ0v) is 11.3. The van der Waals surface area contributed by atoms with E-state index >= 15 is 0 Å². The Morgan fingerprint density at radius 3 is 2.83 bits per heavy atom. The van der Waals surface area contributed by atoms with Crippen LogP contribution < -0.4 is 5.32 Å². The van der Waals surface area contributed by atoms with Crippen LogP contribution in [0.3, 0.4) is 0 Å². The molecule has 0 fully saturated rings. The Labute approximate surface area is 115 Å². The molecule has 92 valence electrons. The molecule has 1 N–H and O–H groups in total. The van der Waals surface area contributed by atoms with Gasteiger partial charge in [0.15, 0.2) is 5.13 Å². The second kappa shape index (κ2) is 5.29. The van der Waals surface area contributed by atoms with Gasteiger partial charge < -0.3 is 5.32 Å². The predicted molar refractivity (Wildman–Crippen MR) is 76.9 cm³/mol. The smallest absolute Gasteiger partial charge is 0.189 e. The zero-order chi connectivity index (χ0) is 11.7. The van der Waals surface area contributed by atoms with Gasteiger partial charge in [-0.05, 0) is 30.7 Å². The summed E-state index contributed by atoms with van der Waals surface area (Å²) in [6.07, 6.45) is 5.32. The number of aromatic nitrogens is 3. The third kappa shape index (κ3) is 2.42. The Morgan fingerprint density at radius 1 is 1.22 bits per heavy atom. The summed E-state index contributed by atoms with van der Waals surface area (Å²) in [5.41, 5.74) is 3.04. The highest BCUT2D eigenvalue weighted by atomic mass is 35.5. The molecule has 0 aliphatic heterocycles. The Morgan fingerprint density at radius 2 is 2.11 bits per heavy atom. The normalized spacial score (nSPS) is 10.1. The van der Waals surface area contributed by atoms with Crippen LogP contribution in [0, 0.1) is 6.92 Å². The van der Waals surface area contributed by atoms with Crippen molar-refractivity contribution >= 4 is 44.9 Å². The molecule has 3 rings (SSSR count). The van der Waals surface area contributed by atoms with Gasteiger partial charge in [-0.1, -0.05) is 11.3 Å². The molecule has 0 aliphatic rings. The molecule has 0 saturated heterocycles. The van der Waals surface area contributed by atoms with Gasteiger partial charge in [0.25, 0.3) is 0 Å². The molecule has 0 bridgehead atoms. The standard InChI is InChI=1S/C12H10N4S.ClH/c1-8-4-6-14-11-10(8)16-12(17-11)15-9-3-2-5-13-7-9;/h2-7H,1H3,(H,15,16);1H. The molecule has 0 spiro atoms. The van der Waals surface area contributed by atoms with Gasteiger partial charge >= 0.3 is 0 Å². The highest BCUT2D eigenvalue weighted by Gasteiger charge is 2.06. The molecule has 0 amide bonds. The molecule has 3 heterocycles. The molecule has 3 aromatic heterocycles. The van der Waals surface area contributed by atoms with Crippen molar-refractivity contribution in [2.24, 2.45) is 0 Å². The van der Waals surface area contributed by atoms with Gasteiger partial charge in [0.05, 0.1) is 11.9 Å². The van der Waals surface area contributed by atoms with Gasteiger partial charge in [-0.3, -0.25) is 4.98 Å². The lowest BCUT2D eigenvalue weighted by atomic mass is 10.3. The molecule has 0 aliphatic carbocycles. The van der Waals surface area contributed by atoms with Gasteiger partial charge in [0, 0.05) is 12.4 Å². The molecular formula is C12H11ClN4S. The summed E-state index contributed by atoms with van der Waals surface area (Å²) in [6, 6.07) is 5.81. The first-order chi connectivity index (χ1) is 8.33. The van der Waals surface area contributed by atoms with Crippen molar-refractivity contribution in [3.8, 4) is 0 Å². The summed E-state index contributed by atoms with van der Waals surface area (Å²) in [4.78, 5) is 13.8. The number of nitrogens with zero attached hydrogens (tertiary/aromatic N) is 3. The Hall–Kier alpha value is -1.72. The number of fused-ring (bicyclic) bond motifs is 1. The lowest BCUT2D eigenvalue weighted by Gasteiger charge is -1.99. The van der Waals surface area contributed by atoms with Crippen molar-refractivity contribution in [3.05, 3.63) is 42.4 Å². The summed E-state index contributed by atoms with van der Waals surface area (Å²) in [5.74, 6) is 0. The number of nitrogens with one attached hydrogen (secondary N) is 1. The van der Waals surface area contributed by atoms with E-state index in [0.717, 1.165) is 26.7 Å². The number of hydrogen-bond acceptors (Lipinski definition) is 5. The number of hydrogen-bond donors (Lipinski definition) is 1. The zero-order valence-electron chi connectivity index (χ0n) is 9.62. The molecule has 0 aromatic carbocycles. The monoisotopic (exact) mass is 278 g/mol. The van der Waals surface area contributed by atoms with Crippen LogP contribution in [-0.2, 0) is 0 Å². The van der Waals surface area contributed by atoms with Crippen LogP contribution in [0.5, 0.6) is 0 Å². The second-order valence-electron chi connectivity index (χ2n) is 3.67. The van der Waals surface area contributed by atoms with E-state index in [0.29, 0.717) is 0 Å². The van der Waals surface area contributed by atoms with Gasteiger partial charge in [-0.15, -0.1) is 12.4 Å². The van der Waals surface area contributed by atoms with Crippen molar-refractivity contribution in [2.45, 2.75) is 6.92 Å². The Kier molecular flexibility index (Phi) is 3.74. The fourth-order valence-corrected chi connectivity index (χ4v) is 2.47. The molecular weight excluding hydrogens is 268 g/mol. The van der Waals surface area contributed by atoms with Crippen LogP contribution in [-0.4, -0.2) is 15.0 Å². The lowest BCUT2D eigenvalue weighted by Crippen LogP contribution is -1.89. The number of thiazole rings is 1. The predicted octanol–water partition coefficient (Wildman–Crippen LogP) is 3.56. The van der Waals surface area contributed by atoms with Crippen LogP contribution in [0.25, 0.3) is 10.3 Å². The number of rotatable bonds is 2. The van der Waals surface area contributed by atoms with Crippen molar-refractivity contribution in [2.75, 3.05) is 5.32 Å². The Bertz CT molecular complexity index is 653. The summed E-state index contributed by atoms with van der Waals surface area (Å²) < 4.78 is 0. The van der Waals surface area contributed by atoms with Gasteiger partial charge in [-0.25, -0.2) is 9.97 Å². The van der Waals surface area contributed by atoms with Crippen molar-refractivity contribution < 1.29 is 0 Å². The fraction of sp³-hybridized carbons (Fsp3) is 0.0833. The highest BCUT2D eigenvalue weighted by Crippen LogP contribution is 2.27. The summed E-state index contributed by atoms with van der Waals surface area (Å²) in [7, 11) is 0. The van der Waals surface area contributed by atoms with Crippen molar-refractivity contribution in [1.82, 2.24) is 15.0 Å². The fourth-order valence-electron chi connectivity index (χ4n) is 1.57. The molecule has 0 unspecified atom stereocenters. The highest BCUT2D eigenvalue weighted by molar-refractivity contribution is 7.21. The molecule has 6 heteroatoms. The molecule has 0 saturated carbocycles. The van der Waals surface area contributed by atoms with E-state index in [1.165, 1.54) is 0 Å². The van der Waals surface area contributed by atoms with E-state index in [-0.39, 0.29) is 12.4 Å². The van der Waals surface area contributed by atoms with E-state index in [9.17, 15) is 0 Å². The van der Waals surface area contributed by atoms with E-state index < -0.39 is 0 Å². The number of halogens is 1. The average molecular weight is 279 g/mol. The average Bonchev–Trinajstić information content (AvgIpc) is 2.74. The first-order valence-corrected chi connectivity index (χ1v) is 6.04. The summed E-state index contributed by atoms with van der Waals surface area (Å²) >= 11 is 1.55. The third-order valence-corrected chi connectivity index (χ3v) is 3.29. The largest absolute Gasteiger partial charge is 0.330 e. The minimum Gasteiger partial charge on any atom is -0.330 e. The van der Waals surface area contributed by atoms with Gasteiger partial charge in [0.1, 0.15) is 10.3 Å². The number of anilines is 2. The topological polar surface area (TPSA) is 50.7 Å². The minimum atomic E-state index is 0. The van der Waals surface area contributed by atoms with Gasteiger partial charge in [0.2, 0.25) is 0 Å².